The lowest BCUT2D eigenvalue weighted by Gasteiger charge is -2.31. The Balaban J connectivity index is 1.47. The van der Waals surface area contributed by atoms with E-state index in [1.807, 2.05) is 17.0 Å². The first-order valence-corrected chi connectivity index (χ1v) is 8.92. The first-order valence-electron chi connectivity index (χ1n) is 8.92. The van der Waals surface area contributed by atoms with Crippen molar-refractivity contribution in [1.29, 1.82) is 0 Å². The maximum Gasteiger partial charge on any atom is 0.258 e. The molecule has 5 nitrogen and oxygen atoms in total. The highest BCUT2D eigenvalue weighted by Crippen LogP contribution is 2.29. The number of nitrogens with one attached hydrogen (secondary N) is 1. The van der Waals surface area contributed by atoms with Gasteiger partial charge in [0, 0.05) is 26.1 Å². The van der Waals surface area contributed by atoms with Gasteiger partial charge in [0.2, 0.25) is 5.91 Å². The summed E-state index contributed by atoms with van der Waals surface area (Å²) in [6.45, 7) is 3.08. The number of rotatable bonds is 4. The van der Waals surface area contributed by atoms with Gasteiger partial charge in [0.05, 0.1) is 0 Å². The van der Waals surface area contributed by atoms with Gasteiger partial charge in [-0.3, -0.25) is 9.59 Å². The van der Waals surface area contributed by atoms with Crippen LogP contribution in [-0.4, -0.2) is 42.5 Å². The summed E-state index contributed by atoms with van der Waals surface area (Å²) in [5, 5.41) is 3.03. The van der Waals surface area contributed by atoms with Gasteiger partial charge < -0.3 is 15.0 Å². The van der Waals surface area contributed by atoms with Crippen LogP contribution in [0.1, 0.15) is 43.7 Å². The average molecular weight is 330 g/mol. The number of piperidine rings is 1. The Hall–Kier alpha value is -2.04. The lowest BCUT2D eigenvalue weighted by atomic mass is 9.91. The Kier molecular flexibility index (Phi) is 5.38. The summed E-state index contributed by atoms with van der Waals surface area (Å²) in [4.78, 5) is 25.3. The second kappa shape index (κ2) is 7.69. The van der Waals surface area contributed by atoms with Gasteiger partial charge in [0.15, 0.2) is 6.61 Å². The van der Waals surface area contributed by atoms with Crippen molar-refractivity contribution in [2.24, 2.45) is 0 Å². The average Bonchev–Trinajstić information content (AvgIpc) is 2.60. The maximum atomic E-state index is 12.2. The normalized spacial score (nSPS) is 18.0. The molecule has 0 saturated carbocycles. The van der Waals surface area contributed by atoms with Crippen LogP contribution in [0, 0.1) is 0 Å². The SMILES string of the molecule is CC(=O)N1CCC(NC(=O)COc2cccc3c2CCCC3)CC1. The highest BCUT2D eigenvalue weighted by Gasteiger charge is 2.22. The van der Waals surface area contributed by atoms with Crippen LogP contribution in [0.2, 0.25) is 0 Å². The molecule has 1 aromatic rings. The third kappa shape index (κ3) is 4.08. The molecular weight excluding hydrogens is 304 g/mol. The van der Waals surface area contributed by atoms with Gasteiger partial charge >= 0.3 is 0 Å². The maximum absolute atomic E-state index is 12.2. The van der Waals surface area contributed by atoms with Crippen LogP contribution in [0.3, 0.4) is 0 Å². The molecule has 24 heavy (non-hydrogen) atoms. The summed E-state index contributed by atoms with van der Waals surface area (Å²) in [5.41, 5.74) is 2.63. The van der Waals surface area contributed by atoms with E-state index in [2.05, 4.69) is 11.4 Å². The molecule has 0 radical (unpaired) electrons. The summed E-state index contributed by atoms with van der Waals surface area (Å²) in [5.74, 6) is 0.885. The number of aryl methyl sites for hydroxylation is 1. The number of likely N-dealkylation sites (tertiary alicyclic amines) is 1. The number of amides is 2. The standard InChI is InChI=1S/C19H26N2O3/c1-14(22)21-11-9-16(10-12-21)20-19(23)13-24-18-8-4-6-15-5-2-3-7-17(15)18/h4,6,8,16H,2-3,5,7,9-13H2,1H3,(H,20,23). The molecule has 5 heteroatoms. The third-order valence-electron chi connectivity index (χ3n) is 5.02. The number of nitrogens with zero attached hydrogens (tertiary/aromatic N) is 1. The van der Waals surface area contributed by atoms with Crippen molar-refractivity contribution in [3.63, 3.8) is 0 Å². The van der Waals surface area contributed by atoms with Crippen molar-refractivity contribution in [3.8, 4) is 5.75 Å². The van der Waals surface area contributed by atoms with Crippen LogP contribution in [0.5, 0.6) is 5.75 Å². The lowest BCUT2D eigenvalue weighted by Crippen LogP contribution is -2.47. The van der Waals surface area contributed by atoms with Crippen molar-refractivity contribution in [2.75, 3.05) is 19.7 Å². The molecule has 130 valence electrons. The van der Waals surface area contributed by atoms with Crippen molar-refractivity contribution in [1.82, 2.24) is 10.2 Å². The van der Waals surface area contributed by atoms with Gasteiger partial charge in [-0.25, -0.2) is 0 Å². The number of carbonyl (C=O) groups excluding carboxylic acids is 2. The molecule has 1 aromatic carbocycles. The topological polar surface area (TPSA) is 58.6 Å². The number of carbonyl (C=O) groups is 2. The number of hydrogen-bond acceptors (Lipinski definition) is 3. The molecule has 1 aliphatic heterocycles. The fourth-order valence-electron chi connectivity index (χ4n) is 3.63. The van der Waals surface area contributed by atoms with E-state index in [0.29, 0.717) is 13.1 Å². The number of fused-ring (bicyclic) bond motifs is 1. The minimum absolute atomic E-state index is 0.0589. The molecule has 0 aromatic heterocycles. The highest BCUT2D eigenvalue weighted by molar-refractivity contribution is 5.78. The first-order chi connectivity index (χ1) is 11.6. The van der Waals surface area contributed by atoms with E-state index < -0.39 is 0 Å². The van der Waals surface area contributed by atoms with E-state index in [-0.39, 0.29) is 24.5 Å². The molecule has 1 fully saturated rings. The van der Waals surface area contributed by atoms with Crippen LogP contribution < -0.4 is 10.1 Å². The van der Waals surface area contributed by atoms with E-state index in [9.17, 15) is 9.59 Å². The molecule has 0 spiro atoms. The van der Waals surface area contributed by atoms with Crippen molar-refractivity contribution < 1.29 is 14.3 Å². The molecule has 2 amide bonds. The summed E-state index contributed by atoms with van der Waals surface area (Å²) in [7, 11) is 0. The smallest absolute Gasteiger partial charge is 0.258 e. The van der Waals surface area contributed by atoms with Gasteiger partial charge in [-0.2, -0.15) is 0 Å². The Labute approximate surface area is 143 Å². The number of ether oxygens (including phenoxy) is 1. The van der Waals surface area contributed by atoms with Gasteiger partial charge in [-0.1, -0.05) is 12.1 Å². The Morgan fingerprint density at radius 3 is 2.71 bits per heavy atom. The fourth-order valence-corrected chi connectivity index (χ4v) is 3.63. The summed E-state index contributed by atoms with van der Waals surface area (Å²) in [6, 6.07) is 6.27. The molecule has 1 N–H and O–H groups in total. The largest absolute Gasteiger partial charge is 0.483 e. The molecule has 1 aliphatic carbocycles. The molecule has 1 heterocycles. The molecular formula is C19H26N2O3. The van der Waals surface area contributed by atoms with Gasteiger partial charge in [-0.05, 0) is 55.7 Å². The number of hydrogen-bond donors (Lipinski definition) is 1. The minimum Gasteiger partial charge on any atom is -0.483 e. The van der Waals surface area contributed by atoms with E-state index in [1.165, 1.54) is 24.0 Å². The second-order valence-corrected chi connectivity index (χ2v) is 6.74. The van der Waals surface area contributed by atoms with E-state index in [0.717, 1.165) is 31.4 Å². The Morgan fingerprint density at radius 2 is 1.96 bits per heavy atom. The lowest BCUT2D eigenvalue weighted by molar-refractivity contribution is -0.130. The van der Waals surface area contributed by atoms with Crippen LogP contribution in [-0.2, 0) is 22.4 Å². The van der Waals surface area contributed by atoms with Crippen molar-refractivity contribution in [3.05, 3.63) is 29.3 Å². The second-order valence-electron chi connectivity index (χ2n) is 6.74. The van der Waals surface area contributed by atoms with Crippen LogP contribution in [0.15, 0.2) is 18.2 Å². The predicted octanol–water partition coefficient (Wildman–Crippen LogP) is 2.07. The molecule has 0 bridgehead atoms. The zero-order valence-electron chi connectivity index (χ0n) is 14.3. The highest BCUT2D eigenvalue weighted by atomic mass is 16.5. The monoisotopic (exact) mass is 330 g/mol. The molecule has 0 atom stereocenters. The minimum atomic E-state index is -0.0790. The fraction of sp³-hybridized carbons (Fsp3) is 0.579. The Morgan fingerprint density at radius 1 is 1.21 bits per heavy atom. The molecule has 2 aliphatic rings. The van der Waals surface area contributed by atoms with Crippen molar-refractivity contribution in [2.45, 2.75) is 51.5 Å². The third-order valence-corrected chi connectivity index (χ3v) is 5.02. The van der Waals surface area contributed by atoms with Crippen LogP contribution in [0.25, 0.3) is 0 Å². The Bertz CT molecular complexity index is 607. The van der Waals surface area contributed by atoms with Crippen LogP contribution >= 0.6 is 0 Å². The van der Waals surface area contributed by atoms with E-state index >= 15 is 0 Å². The van der Waals surface area contributed by atoms with Gasteiger partial charge in [0.25, 0.3) is 5.91 Å². The van der Waals surface area contributed by atoms with Gasteiger partial charge in [-0.15, -0.1) is 0 Å². The predicted molar refractivity (Wildman–Crippen MR) is 92.0 cm³/mol. The zero-order chi connectivity index (χ0) is 16.9. The molecule has 3 rings (SSSR count). The van der Waals surface area contributed by atoms with Crippen molar-refractivity contribution >= 4 is 11.8 Å². The summed E-state index contributed by atoms with van der Waals surface area (Å²) < 4.78 is 5.79. The quantitative estimate of drug-likeness (QED) is 0.919. The molecule has 0 unspecified atom stereocenters. The summed E-state index contributed by atoms with van der Waals surface area (Å²) >= 11 is 0. The molecule has 1 saturated heterocycles. The number of benzene rings is 1. The van der Waals surface area contributed by atoms with Gasteiger partial charge in [0.1, 0.15) is 5.75 Å². The van der Waals surface area contributed by atoms with E-state index in [1.54, 1.807) is 6.92 Å². The van der Waals surface area contributed by atoms with E-state index in [4.69, 9.17) is 4.74 Å². The zero-order valence-corrected chi connectivity index (χ0v) is 14.3. The summed E-state index contributed by atoms with van der Waals surface area (Å²) in [6.07, 6.45) is 6.19. The first kappa shape index (κ1) is 16.8. The van der Waals surface area contributed by atoms with Crippen LogP contribution in [0.4, 0.5) is 0 Å².